The Kier molecular flexibility index (Phi) is 6.11. The minimum atomic E-state index is -1.12. The predicted octanol–water partition coefficient (Wildman–Crippen LogP) is -0.568. The number of nitrogens with zero attached hydrogens (tertiary/aromatic N) is 1. The topological polar surface area (TPSA) is 99.4 Å². The second kappa shape index (κ2) is 6.80. The number of esters is 1. The van der Waals surface area contributed by atoms with E-state index in [2.05, 4.69) is 10.1 Å². The van der Waals surface area contributed by atoms with Crippen molar-refractivity contribution in [3.05, 3.63) is 0 Å². The van der Waals surface area contributed by atoms with Crippen LogP contribution in [0.3, 0.4) is 0 Å². The van der Waals surface area contributed by atoms with E-state index >= 15 is 0 Å². The lowest BCUT2D eigenvalue weighted by atomic mass is 9.96. The van der Waals surface area contributed by atoms with Gasteiger partial charge in [-0.1, -0.05) is 13.8 Å². The Balaban J connectivity index is 4.53. The van der Waals surface area contributed by atoms with Gasteiger partial charge in [0.15, 0.2) is 6.04 Å². The lowest BCUT2D eigenvalue weighted by molar-refractivity contribution is -0.146. The fourth-order valence-electron chi connectivity index (χ4n) is 1.09. The van der Waals surface area contributed by atoms with Gasteiger partial charge in [0, 0.05) is 0 Å². The number of hydrogen-bond donors (Lipinski definition) is 2. The second-order valence-electron chi connectivity index (χ2n) is 3.62. The first-order chi connectivity index (χ1) is 7.47. The van der Waals surface area contributed by atoms with Crippen molar-refractivity contribution in [3.63, 3.8) is 0 Å². The minimum Gasteiger partial charge on any atom is -0.467 e. The van der Waals surface area contributed by atoms with E-state index in [1.165, 1.54) is 0 Å². The summed E-state index contributed by atoms with van der Waals surface area (Å²) in [6, 6.07) is 0.723. The van der Waals surface area contributed by atoms with Crippen LogP contribution in [-0.2, 0) is 14.3 Å². The van der Waals surface area contributed by atoms with Gasteiger partial charge in [-0.15, -0.1) is 0 Å². The quantitative estimate of drug-likeness (QED) is 0.614. The smallest absolute Gasteiger partial charge is 0.330 e. The predicted molar refractivity (Wildman–Crippen MR) is 55.0 cm³/mol. The zero-order valence-electron chi connectivity index (χ0n) is 9.56. The van der Waals surface area contributed by atoms with Crippen LogP contribution in [0, 0.1) is 23.2 Å². The molecule has 0 bridgehead atoms. The van der Waals surface area contributed by atoms with Gasteiger partial charge in [0.1, 0.15) is 5.92 Å². The fraction of sp³-hybridized carbons (Fsp3) is 0.700. The molecule has 16 heavy (non-hydrogen) atoms. The monoisotopic (exact) mass is 228 g/mol. The van der Waals surface area contributed by atoms with Crippen LogP contribution in [0.2, 0.25) is 0 Å². The summed E-state index contributed by atoms with van der Waals surface area (Å²) in [6.45, 7) is 2.88. The normalized spacial score (nSPS) is 13.8. The highest BCUT2D eigenvalue weighted by atomic mass is 16.5. The Hall–Kier alpha value is -1.61. The number of nitrogens with one attached hydrogen (secondary N) is 1. The molecule has 2 atom stereocenters. The number of methoxy groups -OCH3 is 1. The molecule has 0 aliphatic rings. The maximum absolute atomic E-state index is 11.6. The van der Waals surface area contributed by atoms with Crippen LogP contribution in [0.15, 0.2) is 0 Å². The van der Waals surface area contributed by atoms with E-state index in [1.807, 2.05) is 6.07 Å². The number of ether oxygens (including phenoxy) is 1. The Morgan fingerprint density at radius 3 is 2.38 bits per heavy atom. The average molecular weight is 228 g/mol. The number of aliphatic hydroxyl groups is 1. The zero-order valence-corrected chi connectivity index (χ0v) is 9.56. The average Bonchev–Trinajstić information content (AvgIpc) is 2.25. The molecule has 0 aromatic heterocycles. The van der Waals surface area contributed by atoms with E-state index < -0.39 is 30.4 Å². The van der Waals surface area contributed by atoms with Gasteiger partial charge in [0.25, 0.3) is 0 Å². The van der Waals surface area contributed by atoms with E-state index in [4.69, 9.17) is 10.4 Å². The van der Waals surface area contributed by atoms with Crippen molar-refractivity contribution in [1.82, 2.24) is 5.32 Å². The number of carbonyl (C=O) groups excluding carboxylic acids is 2. The highest BCUT2D eigenvalue weighted by Gasteiger charge is 2.27. The van der Waals surface area contributed by atoms with Crippen LogP contribution in [0.4, 0.5) is 0 Å². The molecule has 0 saturated heterocycles. The molecule has 1 amide bonds. The molecule has 2 N–H and O–H groups in total. The van der Waals surface area contributed by atoms with Gasteiger partial charge in [0.2, 0.25) is 5.91 Å². The minimum absolute atomic E-state index is 0.165. The van der Waals surface area contributed by atoms with Crippen LogP contribution < -0.4 is 5.32 Å². The molecule has 0 aromatic rings. The summed E-state index contributed by atoms with van der Waals surface area (Å²) in [5.74, 6) is -2.33. The van der Waals surface area contributed by atoms with Crippen LogP contribution in [0.1, 0.15) is 13.8 Å². The summed E-state index contributed by atoms with van der Waals surface area (Å²) in [5, 5.41) is 19.9. The third-order valence-corrected chi connectivity index (χ3v) is 2.07. The molecule has 0 rings (SSSR count). The number of carbonyl (C=O) groups is 2. The Labute approximate surface area is 94.2 Å². The van der Waals surface area contributed by atoms with Gasteiger partial charge >= 0.3 is 5.97 Å². The lowest BCUT2D eigenvalue weighted by Crippen LogP contribution is -2.47. The number of rotatable bonds is 5. The van der Waals surface area contributed by atoms with E-state index in [9.17, 15) is 9.59 Å². The number of aliphatic hydroxyl groups excluding tert-OH is 1. The van der Waals surface area contributed by atoms with Gasteiger partial charge in [-0.05, 0) is 5.92 Å². The molecule has 0 aliphatic heterocycles. The van der Waals surface area contributed by atoms with Crippen molar-refractivity contribution in [2.24, 2.45) is 11.8 Å². The maximum atomic E-state index is 11.6. The van der Waals surface area contributed by atoms with E-state index in [0.717, 1.165) is 7.11 Å². The molecule has 6 heteroatoms. The summed E-state index contributed by atoms with van der Waals surface area (Å²) in [5.41, 5.74) is 0. The molecule has 0 aliphatic carbocycles. The molecule has 6 nitrogen and oxygen atoms in total. The first-order valence-corrected chi connectivity index (χ1v) is 4.86. The van der Waals surface area contributed by atoms with E-state index in [1.54, 1.807) is 13.8 Å². The van der Waals surface area contributed by atoms with Crippen molar-refractivity contribution in [2.45, 2.75) is 19.9 Å². The Bertz CT molecular complexity index is 296. The van der Waals surface area contributed by atoms with Crippen molar-refractivity contribution in [2.75, 3.05) is 13.7 Å². The van der Waals surface area contributed by atoms with Gasteiger partial charge in [-0.2, -0.15) is 5.26 Å². The third-order valence-electron chi connectivity index (χ3n) is 2.07. The van der Waals surface area contributed by atoms with Crippen LogP contribution in [0.5, 0.6) is 0 Å². The highest BCUT2D eigenvalue weighted by molar-refractivity contribution is 5.87. The lowest BCUT2D eigenvalue weighted by Gasteiger charge is -2.17. The molecule has 0 fully saturated rings. The van der Waals surface area contributed by atoms with E-state index in [-0.39, 0.29) is 5.92 Å². The van der Waals surface area contributed by atoms with Crippen LogP contribution in [0.25, 0.3) is 0 Å². The second-order valence-corrected chi connectivity index (χ2v) is 3.62. The van der Waals surface area contributed by atoms with E-state index in [0.29, 0.717) is 0 Å². The van der Waals surface area contributed by atoms with Gasteiger partial charge < -0.3 is 15.2 Å². The summed E-state index contributed by atoms with van der Waals surface area (Å²) in [4.78, 5) is 22.6. The number of amides is 1. The molecule has 2 unspecified atom stereocenters. The molecular formula is C10H16N2O4. The van der Waals surface area contributed by atoms with Crippen LogP contribution >= 0.6 is 0 Å². The molecule has 0 radical (unpaired) electrons. The maximum Gasteiger partial charge on any atom is 0.330 e. The first-order valence-electron chi connectivity index (χ1n) is 4.86. The first kappa shape index (κ1) is 14.4. The Morgan fingerprint density at radius 1 is 1.50 bits per heavy atom. The van der Waals surface area contributed by atoms with Gasteiger partial charge in [-0.3, -0.25) is 4.79 Å². The number of hydrogen-bond acceptors (Lipinski definition) is 5. The van der Waals surface area contributed by atoms with Gasteiger partial charge in [0.05, 0.1) is 19.8 Å². The summed E-state index contributed by atoms with van der Waals surface area (Å²) < 4.78 is 4.38. The standard InChI is InChI=1S/C10H16N2O4/c1-6(2)7(4-11)9(14)12-8(5-13)10(15)16-3/h6-8,13H,5H2,1-3H3,(H,12,14). The number of nitriles is 1. The Morgan fingerprint density at radius 2 is 2.06 bits per heavy atom. The molecular weight excluding hydrogens is 212 g/mol. The highest BCUT2D eigenvalue weighted by Crippen LogP contribution is 2.09. The molecule has 0 aromatic carbocycles. The van der Waals surface area contributed by atoms with Crippen molar-refractivity contribution in [3.8, 4) is 6.07 Å². The zero-order chi connectivity index (χ0) is 12.7. The summed E-state index contributed by atoms with van der Waals surface area (Å²) >= 11 is 0. The fourth-order valence-corrected chi connectivity index (χ4v) is 1.09. The van der Waals surface area contributed by atoms with Crippen molar-refractivity contribution >= 4 is 11.9 Å². The van der Waals surface area contributed by atoms with Crippen molar-refractivity contribution < 1.29 is 19.4 Å². The molecule has 0 heterocycles. The largest absolute Gasteiger partial charge is 0.467 e. The van der Waals surface area contributed by atoms with Crippen molar-refractivity contribution in [1.29, 1.82) is 5.26 Å². The molecule has 0 spiro atoms. The summed E-state index contributed by atoms with van der Waals surface area (Å²) in [6.07, 6.45) is 0. The molecule has 90 valence electrons. The van der Waals surface area contributed by atoms with Crippen LogP contribution in [-0.4, -0.2) is 36.7 Å². The molecule has 0 saturated carbocycles. The van der Waals surface area contributed by atoms with Gasteiger partial charge in [-0.25, -0.2) is 4.79 Å². The third kappa shape index (κ3) is 3.87. The summed E-state index contributed by atoms with van der Waals surface area (Å²) in [7, 11) is 1.15. The SMILES string of the molecule is COC(=O)C(CO)NC(=O)C(C#N)C(C)C.